The van der Waals surface area contributed by atoms with E-state index in [2.05, 4.69) is 71.9 Å². The lowest BCUT2D eigenvalue weighted by molar-refractivity contribution is 1.10. The summed E-state index contributed by atoms with van der Waals surface area (Å²) < 4.78 is 2.23. The summed E-state index contributed by atoms with van der Waals surface area (Å²) in [5.74, 6) is 6.63. The fourth-order valence-corrected chi connectivity index (χ4v) is 2.94. The summed E-state index contributed by atoms with van der Waals surface area (Å²) >= 11 is 0. The van der Waals surface area contributed by atoms with Gasteiger partial charge in [0.25, 0.3) is 0 Å². The van der Waals surface area contributed by atoms with Gasteiger partial charge in [0.2, 0.25) is 0 Å². The SMILES string of the molecule is Cc1ccc2c(c1)cc(C#Cc1ccccc1)n2-c1ccccc1. The lowest BCUT2D eigenvalue weighted by Gasteiger charge is -2.07. The van der Waals surface area contributed by atoms with Crippen LogP contribution >= 0.6 is 0 Å². The maximum absolute atomic E-state index is 3.35. The van der Waals surface area contributed by atoms with E-state index >= 15 is 0 Å². The Morgan fingerprint density at radius 3 is 2.17 bits per heavy atom. The van der Waals surface area contributed by atoms with Crippen molar-refractivity contribution in [1.29, 1.82) is 0 Å². The van der Waals surface area contributed by atoms with E-state index < -0.39 is 0 Å². The van der Waals surface area contributed by atoms with E-state index in [1.54, 1.807) is 0 Å². The van der Waals surface area contributed by atoms with Crippen LogP contribution in [0.4, 0.5) is 0 Å². The second-order valence-electron chi connectivity index (χ2n) is 5.88. The molecule has 1 heterocycles. The van der Waals surface area contributed by atoms with Gasteiger partial charge in [-0.2, -0.15) is 0 Å². The van der Waals surface area contributed by atoms with Gasteiger partial charge in [-0.1, -0.05) is 53.9 Å². The number of fused-ring (bicyclic) bond motifs is 1. The Morgan fingerprint density at radius 2 is 1.42 bits per heavy atom. The molecule has 0 N–H and O–H groups in total. The molecule has 0 saturated heterocycles. The van der Waals surface area contributed by atoms with Crippen LogP contribution in [0.3, 0.4) is 0 Å². The first-order valence-corrected chi connectivity index (χ1v) is 8.06. The molecule has 1 aromatic heterocycles. The van der Waals surface area contributed by atoms with Crippen LogP contribution in [0.25, 0.3) is 16.6 Å². The van der Waals surface area contributed by atoms with Gasteiger partial charge >= 0.3 is 0 Å². The molecule has 0 spiro atoms. The van der Waals surface area contributed by atoms with Gasteiger partial charge < -0.3 is 4.57 Å². The van der Waals surface area contributed by atoms with Crippen LogP contribution in [-0.4, -0.2) is 4.57 Å². The maximum atomic E-state index is 3.35. The second-order valence-corrected chi connectivity index (χ2v) is 5.88. The average molecular weight is 307 g/mol. The molecular formula is C23H17N. The van der Waals surface area contributed by atoms with E-state index in [-0.39, 0.29) is 0 Å². The number of rotatable bonds is 1. The Morgan fingerprint density at radius 1 is 0.708 bits per heavy atom. The highest BCUT2D eigenvalue weighted by Gasteiger charge is 2.09. The molecular weight excluding hydrogens is 290 g/mol. The third kappa shape index (κ3) is 2.71. The van der Waals surface area contributed by atoms with Crippen LogP contribution in [0.15, 0.2) is 84.9 Å². The average Bonchev–Trinajstić information content (AvgIpc) is 2.99. The molecule has 0 aliphatic carbocycles. The lowest BCUT2D eigenvalue weighted by Crippen LogP contribution is -1.96. The summed E-state index contributed by atoms with van der Waals surface area (Å²) in [5, 5.41) is 1.22. The van der Waals surface area contributed by atoms with Gasteiger partial charge in [-0.05, 0) is 55.3 Å². The minimum absolute atomic E-state index is 1.01. The van der Waals surface area contributed by atoms with Crippen molar-refractivity contribution in [3.8, 4) is 17.5 Å². The largest absolute Gasteiger partial charge is 0.303 e. The summed E-state index contributed by atoms with van der Waals surface area (Å²) in [4.78, 5) is 0. The molecule has 0 aliphatic rings. The Balaban J connectivity index is 1.93. The Hall–Kier alpha value is -3.24. The summed E-state index contributed by atoms with van der Waals surface area (Å²) in [6, 6.07) is 29.2. The number of aromatic nitrogens is 1. The first kappa shape index (κ1) is 14.4. The van der Waals surface area contributed by atoms with E-state index in [4.69, 9.17) is 0 Å². The van der Waals surface area contributed by atoms with Crippen molar-refractivity contribution >= 4 is 10.9 Å². The van der Waals surface area contributed by atoms with E-state index in [0.29, 0.717) is 0 Å². The number of para-hydroxylation sites is 1. The molecule has 1 nitrogen and oxygen atoms in total. The fourth-order valence-electron chi connectivity index (χ4n) is 2.94. The molecule has 0 radical (unpaired) electrons. The lowest BCUT2D eigenvalue weighted by atomic mass is 10.2. The summed E-state index contributed by atoms with van der Waals surface area (Å²) in [7, 11) is 0. The molecule has 1 heteroatoms. The first-order valence-electron chi connectivity index (χ1n) is 8.06. The zero-order valence-corrected chi connectivity index (χ0v) is 13.5. The van der Waals surface area contributed by atoms with E-state index in [1.165, 1.54) is 16.5 Å². The highest BCUT2D eigenvalue weighted by molar-refractivity contribution is 5.85. The van der Waals surface area contributed by atoms with Gasteiger partial charge in [0.1, 0.15) is 0 Å². The molecule has 0 saturated carbocycles. The van der Waals surface area contributed by atoms with Crippen molar-refractivity contribution in [2.45, 2.75) is 6.92 Å². The smallest absolute Gasteiger partial charge is 0.0980 e. The molecule has 114 valence electrons. The standard InChI is InChI=1S/C23H17N/c1-18-12-15-23-20(16-18)17-22(14-13-19-8-4-2-5-9-19)24(23)21-10-6-3-7-11-21/h2-12,15-17H,1H3. The van der Waals surface area contributed by atoms with Crippen molar-refractivity contribution in [3.05, 3.63) is 102 Å². The molecule has 24 heavy (non-hydrogen) atoms. The Bertz CT molecular complexity index is 1050. The van der Waals surface area contributed by atoms with Crippen molar-refractivity contribution < 1.29 is 0 Å². The van der Waals surface area contributed by atoms with Crippen LogP contribution in [0.1, 0.15) is 16.8 Å². The van der Waals surface area contributed by atoms with Gasteiger partial charge in [-0.15, -0.1) is 0 Å². The molecule has 0 fully saturated rings. The predicted octanol–water partition coefficient (Wildman–Crippen LogP) is 5.34. The molecule has 0 amide bonds. The molecule has 0 unspecified atom stereocenters. The van der Waals surface area contributed by atoms with Crippen LogP contribution in [0.5, 0.6) is 0 Å². The van der Waals surface area contributed by atoms with Crippen molar-refractivity contribution in [1.82, 2.24) is 4.57 Å². The third-order valence-corrected chi connectivity index (χ3v) is 4.08. The van der Waals surface area contributed by atoms with Crippen LogP contribution in [0, 0.1) is 18.8 Å². The van der Waals surface area contributed by atoms with Gasteiger partial charge in [0.05, 0.1) is 11.2 Å². The second kappa shape index (κ2) is 6.10. The Labute approximate surface area is 142 Å². The zero-order chi connectivity index (χ0) is 16.4. The predicted molar refractivity (Wildman–Crippen MR) is 100 cm³/mol. The minimum Gasteiger partial charge on any atom is -0.303 e. The third-order valence-electron chi connectivity index (χ3n) is 4.08. The summed E-state index contributed by atoms with van der Waals surface area (Å²) in [6.45, 7) is 2.12. The minimum atomic E-state index is 1.01. The molecule has 4 rings (SSSR count). The van der Waals surface area contributed by atoms with E-state index in [1.807, 2.05) is 36.4 Å². The van der Waals surface area contributed by atoms with Crippen LogP contribution < -0.4 is 0 Å². The maximum Gasteiger partial charge on any atom is 0.0980 e. The van der Waals surface area contributed by atoms with Gasteiger partial charge in [-0.3, -0.25) is 0 Å². The molecule has 4 aromatic rings. The highest BCUT2D eigenvalue weighted by atomic mass is 15.0. The normalized spacial score (nSPS) is 10.4. The Kier molecular flexibility index (Phi) is 3.65. The van der Waals surface area contributed by atoms with Crippen molar-refractivity contribution in [2.24, 2.45) is 0 Å². The van der Waals surface area contributed by atoms with Gasteiger partial charge in [-0.25, -0.2) is 0 Å². The van der Waals surface area contributed by atoms with E-state index in [9.17, 15) is 0 Å². The van der Waals surface area contributed by atoms with Crippen LogP contribution in [0.2, 0.25) is 0 Å². The fraction of sp³-hybridized carbons (Fsp3) is 0.0435. The summed E-state index contributed by atoms with van der Waals surface area (Å²) in [6.07, 6.45) is 0. The van der Waals surface area contributed by atoms with Crippen molar-refractivity contribution in [2.75, 3.05) is 0 Å². The highest BCUT2D eigenvalue weighted by Crippen LogP contribution is 2.25. The molecule has 0 aliphatic heterocycles. The zero-order valence-electron chi connectivity index (χ0n) is 13.5. The van der Waals surface area contributed by atoms with Gasteiger partial charge in [0.15, 0.2) is 0 Å². The number of hydrogen-bond donors (Lipinski definition) is 0. The van der Waals surface area contributed by atoms with Crippen molar-refractivity contribution in [3.63, 3.8) is 0 Å². The van der Waals surface area contributed by atoms with Crippen LogP contribution in [-0.2, 0) is 0 Å². The van der Waals surface area contributed by atoms with Gasteiger partial charge in [0, 0.05) is 16.6 Å². The van der Waals surface area contributed by atoms with E-state index in [0.717, 1.165) is 16.9 Å². The summed E-state index contributed by atoms with van der Waals surface area (Å²) in [5.41, 5.74) is 5.61. The number of hydrogen-bond acceptors (Lipinski definition) is 0. The first-order chi connectivity index (χ1) is 11.8. The molecule has 0 bridgehead atoms. The molecule has 0 atom stereocenters. The number of benzene rings is 3. The number of nitrogens with zero attached hydrogens (tertiary/aromatic N) is 1. The monoisotopic (exact) mass is 307 g/mol. The number of aryl methyl sites for hydroxylation is 1. The quantitative estimate of drug-likeness (QED) is 0.418. The molecule has 3 aromatic carbocycles. The topological polar surface area (TPSA) is 4.93 Å².